The summed E-state index contributed by atoms with van der Waals surface area (Å²) in [6, 6.07) is 3.42. The number of hydrogen-bond acceptors (Lipinski definition) is 2. The molecule has 1 aromatic rings. The molecule has 1 aromatic carbocycles. The van der Waals surface area contributed by atoms with Crippen LogP contribution in [0, 0.1) is 23.5 Å². The van der Waals surface area contributed by atoms with Gasteiger partial charge in [0.15, 0.2) is 11.6 Å². The van der Waals surface area contributed by atoms with E-state index in [-0.39, 0.29) is 12.0 Å². The standard InChI is InChI=1S/C22H30F2O2/c1-2-3-14-4-6-15(7-5-14)19-11-8-16(12-25-19)17-9-10-18(20-13-26-20)22(24)21(17)23/h9-10,14-16,19-20H,2-8,11-13H2,1H3. The summed E-state index contributed by atoms with van der Waals surface area (Å²) in [5.41, 5.74) is 0.821. The topological polar surface area (TPSA) is 21.8 Å². The molecule has 0 bridgehead atoms. The molecule has 0 N–H and O–H groups in total. The van der Waals surface area contributed by atoms with E-state index >= 15 is 0 Å². The third kappa shape index (κ3) is 3.82. The van der Waals surface area contributed by atoms with Crippen LogP contribution in [0.15, 0.2) is 12.1 Å². The average Bonchev–Trinajstić information content (AvgIpc) is 3.50. The Balaban J connectivity index is 1.33. The maximum Gasteiger partial charge on any atom is 0.165 e. The number of hydrogen-bond donors (Lipinski definition) is 0. The predicted octanol–water partition coefficient (Wildman–Crippen LogP) is 5.91. The predicted molar refractivity (Wildman–Crippen MR) is 97.1 cm³/mol. The maximum absolute atomic E-state index is 14.5. The summed E-state index contributed by atoms with van der Waals surface area (Å²) >= 11 is 0. The van der Waals surface area contributed by atoms with Gasteiger partial charge < -0.3 is 9.47 Å². The molecule has 144 valence electrons. The number of ether oxygens (including phenoxy) is 2. The molecule has 1 saturated carbocycles. The van der Waals surface area contributed by atoms with Gasteiger partial charge in [0, 0.05) is 11.5 Å². The third-order valence-electron chi connectivity index (χ3n) is 6.69. The van der Waals surface area contributed by atoms with Crippen molar-refractivity contribution < 1.29 is 18.3 Å². The first-order valence-corrected chi connectivity index (χ1v) is 10.4. The number of benzene rings is 1. The summed E-state index contributed by atoms with van der Waals surface area (Å²) in [4.78, 5) is 0. The van der Waals surface area contributed by atoms with E-state index in [2.05, 4.69) is 6.92 Å². The van der Waals surface area contributed by atoms with Crippen LogP contribution < -0.4 is 0 Å². The van der Waals surface area contributed by atoms with Gasteiger partial charge in [-0.15, -0.1) is 0 Å². The van der Waals surface area contributed by atoms with Crippen molar-refractivity contribution in [3.63, 3.8) is 0 Å². The molecule has 1 aliphatic carbocycles. The highest BCUT2D eigenvalue weighted by molar-refractivity contribution is 5.32. The van der Waals surface area contributed by atoms with Crippen LogP contribution in [0.25, 0.3) is 0 Å². The molecule has 0 radical (unpaired) electrons. The Hall–Kier alpha value is -1.00. The average molecular weight is 364 g/mol. The quantitative estimate of drug-likeness (QED) is 0.606. The van der Waals surface area contributed by atoms with Crippen molar-refractivity contribution in [3.8, 4) is 0 Å². The highest BCUT2D eigenvalue weighted by Crippen LogP contribution is 2.40. The summed E-state index contributed by atoms with van der Waals surface area (Å²) < 4.78 is 40.0. The van der Waals surface area contributed by atoms with Crippen LogP contribution in [0.3, 0.4) is 0 Å². The zero-order valence-corrected chi connectivity index (χ0v) is 15.7. The van der Waals surface area contributed by atoms with Crippen molar-refractivity contribution in [2.24, 2.45) is 11.8 Å². The molecule has 3 fully saturated rings. The molecule has 0 amide bonds. The van der Waals surface area contributed by atoms with Gasteiger partial charge in [-0.25, -0.2) is 8.78 Å². The summed E-state index contributed by atoms with van der Waals surface area (Å²) in [6.45, 7) is 3.27. The van der Waals surface area contributed by atoms with Crippen molar-refractivity contribution in [2.75, 3.05) is 13.2 Å². The lowest BCUT2D eigenvalue weighted by Gasteiger charge is -2.38. The van der Waals surface area contributed by atoms with Crippen LogP contribution in [-0.4, -0.2) is 19.3 Å². The summed E-state index contributed by atoms with van der Waals surface area (Å²) in [7, 11) is 0. The van der Waals surface area contributed by atoms with E-state index in [4.69, 9.17) is 9.47 Å². The van der Waals surface area contributed by atoms with Crippen LogP contribution >= 0.6 is 0 Å². The van der Waals surface area contributed by atoms with Crippen LogP contribution in [0.1, 0.15) is 81.4 Å². The van der Waals surface area contributed by atoms with Gasteiger partial charge in [0.05, 0.1) is 19.3 Å². The molecule has 2 heterocycles. The van der Waals surface area contributed by atoms with Gasteiger partial charge in [-0.3, -0.25) is 0 Å². The van der Waals surface area contributed by atoms with Crippen LogP contribution in [0.2, 0.25) is 0 Å². The van der Waals surface area contributed by atoms with Gasteiger partial charge in [-0.2, -0.15) is 0 Å². The molecule has 2 saturated heterocycles. The van der Waals surface area contributed by atoms with Gasteiger partial charge in [-0.05, 0) is 43.1 Å². The van der Waals surface area contributed by atoms with Gasteiger partial charge in [-0.1, -0.05) is 44.7 Å². The first kappa shape index (κ1) is 18.4. The van der Waals surface area contributed by atoms with E-state index in [9.17, 15) is 8.78 Å². The van der Waals surface area contributed by atoms with Crippen molar-refractivity contribution in [2.45, 2.75) is 76.4 Å². The highest BCUT2D eigenvalue weighted by atomic mass is 19.2. The van der Waals surface area contributed by atoms with Gasteiger partial charge >= 0.3 is 0 Å². The summed E-state index contributed by atoms with van der Waals surface area (Å²) in [5.74, 6) is 0.0801. The van der Waals surface area contributed by atoms with E-state index in [0.29, 0.717) is 36.4 Å². The van der Waals surface area contributed by atoms with E-state index < -0.39 is 11.6 Å². The van der Waals surface area contributed by atoms with Crippen molar-refractivity contribution in [3.05, 3.63) is 34.9 Å². The zero-order chi connectivity index (χ0) is 18.1. The Morgan fingerprint density at radius 1 is 0.885 bits per heavy atom. The molecule has 3 unspecified atom stereocenters. The number of halogens is 2. The Labute approximate surface area is 155 Å². The van der Waals surface area contributed by atoms with Crippen LogP contribution in [0.4, 0.5) is 8.78 Å². The normalized spacial score (nSPS) is 34.7. The molecule has 4 heteroatoms. The fourth-order valence-electron chi connectivity index (χ4n) is 5.02. The van der Waals surface area contributed by atoms with E-state index in [1.165, 1.54) is 38.5 Å². The Kier molecular flexibility index (Phi) is 5.61. The fourth-order valence-corrected chi connectivity index (χ4v) is 5.02. The smallest absolute Gasteiger partial charge is 0.165 e. The number of epoxide rings is 1. The second kappa shape index (κ2) is 7.93. The zero-order valence-electron chi connectivity index (χ0n) is 15.7. The number of rotatable bonds is 5. The van der Waals surface area contributed by atoms with Crippen molar-refractivity contribution >= 4 is 0 Å². The fraction of sp³-hybridized carbons (Fsp3) is 0.727. The molecular formula is C22H30F2O2. The molecule has 3 atom stereocenters. The Morgan fingerprint density at radius 2 is 1.58 bits per heavy atom. The lowest BCUT2D eigenvalue weighted by atomic mass is 9.75. The second-order valence-corrected chi connectivity index (χ2v) is 8.41. The van der Waals surface area contributed by atoms with Gasteiger partial charge in [0.1, 0.15) is 6.10 Å². The second-order valence-electron chi connectivity index (χ2n) is 8.41. The van der Waals surface area contributed by atoms with E-state index in [1.807, 2.05) is 0 Å². The van der Waals surface area contributed by atoms with E-state index in [1.54, 1.807) is 12.1 Å². The Bertz CT molecular complexity index is 613. The molecule has 4 rings (SSSR count). The van der Waals surface area contributed by atoms with Crippen LogP contribution in [-0.2, 0) is 9.47 Å². The van der Waals surface area contributed by atoms with Gasteiger partial charge in [0.2, 0.25) is 0 Å². The third-order valence-corrected chi connectivity index (χ3v) is 6.69. The minimum Gasteiger partial charge on any atom is -0.377 e. The monoisotopic (exact) mass is 364 g/mol. The summed E-state index contributed by atoms with van der Waals surface area (Å²) in [6.07, 6.45) is 9.71. The first-order chi connectivity index (χ1) is 12.7. The summed E-state index contributed by atoms with van der Waals surface area (Å²) in [5, 5.41) is 0. The minimum absolute atomic E-state index is 0.0358. The highest BCUT2D eigenvalue weighted by Gasteiger charge is 2.35. The first-order valence-electron chi connectivity index (χ1n) is 10.4. The minimum atomic E-state index is -0.735. The molecule has 0 aromatic heterocycles. The molecule has 26 heavy (non-hydrogen) atoms. The largest absolute Gasteiger partial charge is 0.377 e. The molecule has 2 aliphatic heterocycles. The molecule has 3 aliphatic rings. The van der Waals surface area contributed by atoms with Gasteiger partial charge in [0.25, 0.3) is 0 Å². The van der Waals surface area contributed by atoms with Crippen LogP contribution in [0.5, 0.6) is 0 Å². The van der Waals surface area contributed by atoms with E-state index in [0.717, 1.165) is 18.8 Å². The molecular weight excluding hydrogens is 334 g/mol. The SMILES string of the molecule is CCCC1CCC(C2CCC(c3ccc(C4CO4)c(F)c3F)CO2)CC1. The Morgan fingerprint density at radius 3 is 2.19 bits per heavy atom. The molecule has 2 nitrogen and oxygen atoms in total. The lowest BCUT2D eigenvalue weighted by molar-refractivity contribution is -0.0440. The van der Waals surface area contributed by atoms with Crippen molar-refractivity contribution in [1.29, 1.82) is 0 Å². The molecule has 0 spiro atoms. The van der Waals surface area contributed by atoms with Crippen molar-refractivity contribution in [1.82, 2.24) is 0 Å². The lowest BCUT2D eigenvalue weighted by Crippen LogP contribution is -2.33. The maximum atomic E-state index is 14.5.